The molecule has 2 aromatic rings. The number of allylic oxidation sites excluding steroid dienone is 5. The molecule has 1 heterocycles. The first-order chi connectivity index (χ1) is 15.1. The van der Waals surface area contributed by atoms with Crippen LogP contribution < -0.4 is 4.74 Å². The molecular weight excluding hydrogens is 410 g/mol. The molecule has 0 atom stereocenters. The van der Waals surface area contributed by atoms with E-state index in [9.17, 15) is 9.90 Å². The van der Waals surface area contributed by atoms with Crippen LogP contribution in [-0.4, -0.2) is 22.7 Å². The van der Waals surface area contributed by atoms with E-state index in [-0.39, 0.29) is 5.56 Å². The van der Waals surface area contributed by atoms with Crippen molar-refractivity contribution >= 4 is 28.7 Å². The Morgan fingerprint density at radius 3 is 2.77 bits per heavy atom. The van der Waals surface area contributed by atoms with Gasteiger partial charge in [0, 0.05) is 16.8 Å². The summed E-state index contributed by atoms with van der Waals surface area (Å²) in [6, 6.07) is 7.50. The maximum Gasteiger partial charge on any atom is 0.337 e. The average molecular weight is 436 g/mol. The number of nitrogens with zero attached hydrogens (tertiary/aromatic N) is 1. The standard InChI is InChI=1S/C26H26ClNO3/c1-2-24-23(26(29)30)13-18(15-28-24)20-9-6-10-21(20)22-14-19(27)11-12-25(22)31-16-17-7-4-3-5-8-17/h3-4,7,11-15H,2,5-6,8-10,16H2,1H3,(H,29,30). The number of hydrogen-bond acceptors (Lipinski definition) is 3. The van der Waals surface area contributed by atoms with E-state index in [1.807, 2.05) is 25.1 Å². The number of carboxylic acids is 1. The number of halogens is 1. The van der Waals surface area contributed by atoms with Crippen molar-refractivity contribution in [1.29, 1.82) is 0 Å². The van der Waals surface area contributed by atoms with Gasteiger partial charge in [-0.05, 0) is 85.1 Å². The van der Waals surface area contributed by atoms with Gasteiger partial charge in [-0.25, -0.2) is 4.79 Å². The quantitative estimate of drug-likeness (QED) is 0.522. The lowest BCUT2D eigenvalue weighted by Crippen LogP contribution is -2.06. The normalized spacial score (nSPS) is 15.9. The second-order valence-corrected chi connectivity index (χ2v) is 8.34. The lowest BCUT2D eigenvalue weighted by atomic mass is 9.96. The summed E-state index contributed by atoms with van der Waals surface area (Å²) in [5.41, 5.74) is 6.31. The highest BCUT2D eigenvalue weighted by Gasteiger charge is 2.23. The maximum absolute atomic E-state index is 11.7. The molecule has 4 nitrogen and oxygen atoms in total. The van der Waals surface area contributed by atoms with Crippen molar-refractivity contribution in [2.24, 2.45) is 0 Å². The topological polar surface area (TPSA) is 59.4 Å². The summed E-state index contributed by atoms with van der Waals surface area (Å²) < 4.78 is 6.22. The number of hydrogen-bond donors (Lipinski definition) is 1. The van der Waals surface area contributed by atoms with Crippen molar-refractivity contribution in [3.8, 4) is 5.75 Å². The summed E-state index contributed by atoms with van der Waals surface area (Å²) in [4.78, 5) is 16.2. The Bertz CT molecular complexity index is 1100. The number of ether oxygens (including phenoxy) is 1. The molecule has 0 spiro atoms. The number of rotatable bonds is 7. The Balaban J connectivity index is 1.72. The highest BCUT2D eigenvalue weighted by Crippen LogP contribution is 2.43. The SMILES string of the molecule is CCc1ncc(C2=C(c3cc(Cl)ccc3OCC3=CC=CCC3)CCC2)cc1C(=O)O. The van der Waals surface area contributed by atoms with Crippen LogP contribution in [0.2, 0.25) is 5.02 Å². The largest absolute Gasteiger partial charge is 0.489 e. The molecule has 4 rings (SSSR count). The fraction of sp³-hybridized carbons (Fsp3) is 0.308. The molecule has 160 valence electrons. The summed E-state index contributed by atoms with van der Waals surface area (Å²) >= 11 is 6.36. The van der Waals surface area contributed by atoms with Gasteiger partial charge in [-0.1, -0.05) is 36.8 Å². The predicted octanol–water partition coefficient (Wildman–Crippen LogP) is 6.75. The zero-order valence-electron chi connectivity index (χ0n) is 17.7. The van der Waals surface area contributed by atoms with E-state index in [0.29, 0.717) is 23.7 Å². The Kier molecular flexibility index (Phi) is 6.57. The molecule has 0 radical (unpaired) electrons. The van der Waals surface area contributed by atoms with Crippen molar-refractivity contribution in [2.75, 3.05) is 6.61 Å². The first-order valence-electron chi connectivity index (χ1n) is 10.8. The summed E-state index contributed by atoms with van der Waals surface area (Å²) in [6.45, 7) is 2.47. The third-order valence-corrected chi connectivity index (χ3v) is 6.12. The molecule has 0 fully saturated rings. The number of aryl methyl sites for hydroxylation is 1. The lowest BCUT2D eigenvalue weighted by Gasteiger charge is -2.17. The van der Waals surface area contributed by atoms with Crippen molar-refractivity contribution < 1.29 is 14.6 Å². The summed E-state index contributed by atoms with van der Waals surface area (Å²) in [5.74, 6) is -0.126. The van der Waals surface area contributed by atoms with Crippen molar-refractivity contribution in [3.63, 3.8) is 0 Å². The van der Waals surface area contributed by atoms with E-state index in [1.54, 1.807) is 12.3 Å². The second kappa shape index (κ2) is 9.52. The van der Waals surface area contributed by atoms with Gasteiger partial charge in [0.2, 0.25) is 0 Å². The van der Waals surface area contributed by atoms with E-state index in [0.717, 1.165) is 60.1 Å². The Labute approximate surface area is 187 Å². The number of benzene rings is 1. The van der Waals surface area contributed by atoms with Crippen LogP contribution in [0.5, 0.6) is 5.75 Å². The minimum atomic E-state index is -0.937. The minimum Gasteiger partial charge on any atom is -0.489 e. The second-order valence-electron chi connectivity index (χ2n) is 7.91. The van der Waals surface area contributed by atoms with Crippen molar-refractivity contribution in [2.45, 2.75) is 45.4 Å². The molecule has 1 aromatic heterocycles. The van der Waals surface area contributed by atoms with E-state index in [2.05, 4.69) is 23.2 Å². The van der Waals surface area contributed by atoms with Crippen LogP contribution in [0.3, 0.4) is 0 Å². The van der Waals surface area contributed by atoms with Crippen LogP contribution >= 0.6 is 11.6 Å². The van der Waals surface area contributed by atoms with Gasteiger partial charge in [0.15, 0.2) is 0 Å². The number of aromatic nitrogens is 1. The molecule has 5 heteroatoms. The molecule has 0 amide bonds. The number of carbonyl (C=O) groups is 1. The van der Waals surface area contributed by atoms with Gasteiger partial charge in [-0.15, -0.1) is 0 Å². The lowest BCUT2D eigenvalue weighted by molar-refractivity contribution is 0.0695. The van der Waals surface area contributed by atoms with Crippen molar-refractivity contribution in [3.05, 3.63) is 81.7 Å². The van der Waals surface area contributed by atoms with E-state index in [1.165, 1.54) is 5.57 Å². The van der Waals surface area contributed by atoms with Crippen LogP contribution in [0.1, 0.15) is 66.2 Å². The Morgan fingerprint density at radius 1 is 1.19 bits per heavy atom. The molecule has 0 unspecified atom stereocenters. The number of aromatic carboxylic acids is 1. The maximum atomic E-state index is 11.7. The van der Waals surface area contributed by atoms with E-state index < -0.39 is 5.97 Å². The molecule has 2 aliphatic carbocycles. The fourth-order valence-electron chi connectivity index (χ4n) is 4.29. The van der Waals surface area contributed by atoms with Gasteiger partial charge >= 0.3 is 5.97 Å². The van der Waals surface area contributed by atoms with Crippen LogP contribution in [0.15, 0.2) is 54.3 Å². The zero-order chi connectivity index (χ0) is 21.8. The monoisotopic (exact) mass is 435 g/mol. The zero-order valence-corrected chi connectivity index (χ0v) is 18.4. The molecule has 0 aliphatic heterocycles. The van der Waals surface area contributed by atoms with E-state index in [4.69, 9.17) is 16.3 Å². The highest BCUT2D eigenvalue weighted by molar-refractivity contribution is 6.30. The third-order valence-electron chi connectivity index (χ3n) is 5.88. The minimum absolute atomic E-state index is 0.276. The first kappa shape index (κ1) is 21.4. The smallest absolute Gasteiger partial charge is 0.337 e. The van der Waals surface area contributed by atoms with Gasteiger partial charge in [-0.2, -0.15) is 0 Å². The van der Waals surface area contributed by atoms with Gasteiger partial charge in [0.05, 0.1) is 11.3 Å². The van der Waals surface area contributed by atoms with Gasteiger partial charge in [0.25, 0.3) is 0 Å². The first-order valence-corrected chi connectivity index (χ1v) is 11.2. The molecule has 31 heavy (non-hydrogen) atoms. The molecule has 1 N–H and O–H groups in total. The predicted molar refractivity (Wildman–Crippen MR) is 125 cm³/mol. The van der Waals surface area contributed by atoms with Crippen LogP contribution in [-0.2, 0) is 6.42 Å². The Hall–Kier alpha value is -2.85. The molecule has 0 saturated heterocycles. The van der Waals surface area contributed by atoms with Gasteiger partial charge in [-0.3, -0.25) is 4.98 Å². The van der Waals surface area contributed by atoms with Crippen LogP contribution in [0, 0.1) is 0 Å². The van der Waals surface area contributed by atoms with Crippen LogP contribution in [0.4, 0.5) is 0 Å². The van der Waals surface area contributed by atoms with Crippen molar-refractivity contribution in [1.82, 2.24) is 4.98 Å². The summed E-state index contributed by atoms with van der Waals surface area (Å²) in [5, 5.41) is 10.3. The number of carboxylic acid groups (broad SMARTS) is 1. The summed E-state index contributed by atoms with van der Waals surface area (Å²) in [7, 11) is 0. The summed E-state index contributed by atoms with van der Waals surface area (Å²) in [6.07, 6.45) is 13.6. The Morgan fingerprint density at radius 2 is 2.03 bits per heavy atom. The number of pyridine rings is 1. The van der Waals surface area contributed by atoms with E-state index >= 15 is 0 Å². The van der Waals surface area contributed by atoms with Gasteiger partial charge in [0.1, 0.15) is 12.4 Å². The molecule has 0 bridgehead atoms. The molecule has 1 aromatic carbocycles. The fourth-order valence-corrected chi connectivity index (χ4v) is 4.46. The average Bonchev–Trinajstić information content (AvgIpc) is 3.28. The molecular formula is C26H26ClNO3. The van der Waals surface area contributed by atoms with Gasteiger partial charge < -0.3 is 9.84 Å². The van der Waals surface area contributed by atoms with Crippen LogP contribution in [0.25, 0.3) is 11.1 Å². The molecule has 2 aliphatic rings. The third kappa shape index (κ3) is 4.75. The molecule has 0 saturated carbocycles. The highest BCUT2D eigenvalue weighted by atomic mass is 35.5.